The Balaban J connectivity index is 1.61. The topological polar surface area (TPSA) is 62.7 Å². The highest BCUT2D eigenvalue weighted by Gasteiger charge is 2.46. The molecule has 0 amide bonds. The van der Waals surface area contributed by atoms with Crippen molar-refractivity contribution in [1.82, 2.24) is 15.0 Å². The van der Waals surface area contributed by atoms with Gasteiger partial charge >= 0.3 is 0 Å². The highest BCUT2D eigenvalue weighted by Crippen LogP contribution is 2.40. The summed E-state index contributed by atoms with van der Waals surface area (Å²) in [5.41, 5.74) is 0. The predicted molar refractivity (Wildman–Crippen MR) is 68.0 cm³/mol. The van der Waals surface area contributed by atoms with Crippen molar-refractivity contribution in [3.05, 3.63) is 5.28 Å². The van der Waals surface area contributed by atoms with Crippen LogP contribution in [-0.4, -0.2) is 38.9 Å². The minimum atomic E-state index is -2.66. The number of alkyl halides is 4. The molecule has 116 valence electrons. The van der Waals surface area contributed by atoms with Crippen LogP contribution in [0.4, 0.5) is 29.5 Å². The number of hydrogen-bond acceptors (Lipinski definition) is 5. The van der Waals surface area contributed by atoms with Gasteiger partial charge in [0.15, 0.2) is 0 Å². The van der Waals surface area contributed by atoms with Crippen LogP contribution in [0.3, 0.4) is 0 Å². The first kappa shape index (κ1) is 14.6. The van der Waals surface area contributed by atoms with Crippen LogP contribution < -0.4 is 10.6 Å². The Morgan fingerprint density at radius 2 is 1.19 bits per heavy atom. The summed E-state index contributed by atoms with van der Waals surface area (Å²) in [6, 6.07) is -0.862. The molecule has 0 radical (unpaired) electrons. The van der Waals surface area contributed by atoms with E-state index >= 15 is 0 Å². The summed E-state index contributed by atoms with van der Waals surface area (Å²) in [5, 5.41) is 5.32. The maximum absolute atomic E-state index is 12.7. The summed E-state index contributed by atoms with van der Waals surface area (Å²) in [7, 11) is 0. The van der Waals surface area contributed by atoms with E-state index in [9.17, 15) is 17.6 Å². The molecule has 1 heterocycles. The number of nitrogens with zero attached hydrogens (tertiary/aromatic N) is 3. The second-order valence-corrected chi connectivity index (χ2v) is 5.80. The summed E-state index contributed by atoms with van der Waals surface area (Å²) in [6.07, 6.45) is -1.19. The minimum Gasteiger partial charge on any atom is -0.351 e. The molecule has 0 saturated heterocycles. The van der Waals surface area contributed by atoms with Gasteiger partial charge in [0.25, 0.3) is 11.8 Å². The van der Waals surface area contributed by atoms with Crippen molar-refractivity contribution in [2.75, 3.05) is 10.6 Å². The van der Waals surface area contributed by atoms with E-state index in [0.29, 0.717) is 0 Å². The fraction of sp³-hybridized carbons (Fsp3) is 0.727. The zero-order chi connectivity index (χ0) is 15.3. The number of halogens is 5. The minimum absolute atomic E-state index is 0.0593. The van der Waals surface area contributed by atoms with Crippen LogP contribution in [0.1, 0.15) is 25.7 Å². The highest BCUT2D eigenvalue weighted by molar-refractivity contribution is 6.28. The Morgan fingerprint density at radius 1 is 0.810 bits per heavy atom. The predicted octanol–water partition coefficient (Wildman–Crippen LogP) is 2.94. The zero-order valence-electron chi connectivity index (χ0n) is 10.7. The first-order valence-electron chi connectivity index (χ1n) is 6.41. The molecule has 3 rings (SSSR count). The molecule has 21 heavy (non-hydrogen) atoms. The first-order valence-corrected chi connectivity index (χ1v) is 6.79. The average Bonchev–Trinajstić information content (AvgIpc) is 2.22. The third-order valence-corrected chi connectivity index (χ3v) is 3.62. The smallest absolute Gasteiger partial charge is 0.252 e. The van der Waals surface area contributed by atoms with Gasteiger partial charge in [0.2, 0.25) is 17.2 Å². The summed E-state index contributed by atoms with van der Waals surface area (Å²) >= 11 is 5.71. The molecule has 2 N–H and O–H groups in total. The molecule has 2 aliphatic rings. The largest absolute Gasteiger partial charge is 0.351 e. The Morgan fingerprint density at radius 3 is 1.52 bits per heavy atom. The normalized spacial score (nSPS) is 24.0. The van der Waals surface area contributed by atoms with Gasteiger partial charge in [0.1, 0.15) is 0 Å². The van der Waals surface area contributed by atoms with Crippen LogP contribution in [-0.2, 0) is 0 Å². The molecule has 0 aromatic carbocycles. The summed E-state index contributed by atoms with van der Waals surface area (Å²) in [6.45, 7) is 0. The quantitative estimate of drug-likeness (QED) is 0.833. The molecule has 2 fully saturated rings. The van der Waals surface area contributed by atoms with Gasteiger partial charge in [-0.15, -0.1) is 0 Å². The van der Waals surface area contributed by atoms with Gasteiger partial charge in [-0.25, -0.2) is 17.6 Å². The molecule has 0 atom stereocenters. The summed E-state index contributed by atoms with van der Waals surface area (Å²) in [4.78, 5) is 11.5. The Labute approximate surface area is 122 Å². The lowest BCUT2D eigenvalue weighted by Gasteiger charge is -2.36. The molecule has 0 bridgehead atoms. The van der Waals surface area contributed by atoms with E-state index in [2.05, 4.69) is 25.6 Å². The van der Waals surface area contributed by atoms with Crippen molar-refractivity contribution in [1.29, 1.82) is 0 Å². The number of hydrogen-bond donors (Lipinski definition) is 2. The van der Waals surface area contributed by atoms with Crippen molar-refractivity contribution in [3.63, 3.8) is 0 Å². The molecule has 0 spiro atoms. The molecule has 0 unspecified atom stereocenters. The van der Waals surface area contributed by atoms with E-state index in [-0.39, 0.29) is 42.9 Å². The molecule has 1 aromatic rings. The molecule has 1 aromatic heterocycles. The van der Waals surface area contributed by atoms with E-state index in [1.54, 1.807) is 0 Å². The third-order valence-electron chi connectivity index (χ3n) is 3.45. The van der Waals surface area contributed by atoms with Gasteiger partial charge in [0, 0.05) is 37.8 Å². The Bertz CT molecular complexity index is 495. The standard InChI is InChI=1S/C11H12ClF4N5/c12-7-19-8(17-5-1-10(13,14)2-5)21-9(20-7)18-6-3-11(15,16)4-6/h5-6H,1-4H2,(H2,17,18,19,20,21). The average molecular weight is 326 g/mol. The molecule has 2 aliphatic carbocycles. The van der Waals surface area contributed by atoms with Crippen LogP contribution in [0.15, 0.2) is 0 Å². The number of rotatable bonds is 4. The van der Waals surface area contributed by atoms with Crippen molar-refractivity contribution in [3.8, 4) is 0 Å². The van der Waals surface area contributed by atoms with E-state index < -0.39 is 23.9 Å². The second-order valence-electron chi connectivity index (χ2n) is 5.46. The monoisotopic (exact) mass is 325 g/mol. The zero-order valence-corrected chi connectivity index (χ0v) is 11.5. The van der Waals surface area contributed by atoms with E-state index in [4.69, 9.17) is 11.6 Å². The summed E-state index contributed by atoms with van der Waals surface area (Å²) in [5.74, 6) is -5.20. The van der Waals surface area contributed by atoms with Gasteiger partial charge in [-0.2, -0.15) is 15.0 Å². The van der Waals surface area contributed by atoms with Gasteiger partial charge in [-0.3, -0.25) is 0 Å². The third kappa shape index (κ3) is 3.45. The van der Waals surface area contributed by atoms with Gasteiger partial charge in [-0.1, -0.05) is 0 Å². The van der Waals surface area contributed by atoms with E-state index in [0.717, 1.165) is 0 Å². The van der Waals surface area contributed by atoms with Crippen molar-refractivity contribution < 1.29 is 17.6 Å². The van der Waals surface area contributed by atoms with Gasteiger partial charge in [-0.05, 0) is 11.6 Å². The second kappa shape index (κ2) is 4.82. The molecular formula is C11H12ClF4N5. The molecule has 5 nitrogen and oxygen atoms in total. The summed E-state index contributed by atoms with van der Waals surface area (Å²) < 4.78 is 51.0. The molecule has 0 aliphatic heterocycles. The van der Waals surface area contributed by atoms with Crippen molar-refractivity contribution in [2.45, 2.75) is 49.6 Å². The highest BCUT2D eigenvalue weighted by atomic mass is 35.5. The van der Waals surface area contributed by atoms with E-state index in [1.807, 2.05) is 0 Å². The van der Waals surface area contributed by atoms with Crippen LogP contribution in [0.25, 0.3) is 0 Å². The molecular weight excluding hydrogens is 314 g/mol. The number of anilines is 2. The maximum Gasteiger partial charge on any atom is 0.252 e. The number of aromatic nitrogens is 3. The SMILES string of the molecule is FC1(F)CC(Nc2nc(Cl)nc(NC3CC(F)(F)C3)n2)C1. The molecule has 10 heteroatoms. The Kier molecular flexibility index (Phi) is 3.34. The Hall–Kier alpha value is -1.38. The van der Waals surface area contributed by atoms with Crippen LogP contribution in [0, 0.1) is 0 Å². The molecule has 2 saturated carbocycles. The lowest BCUT2D eigenvalue weighted by atomic mass is 9.88. The van der Waals surface area contributed by atoms with E-state index in [1.165, 1.54) is 0 Å². The van der Waals surface area contributed by atoms with Crippen LogP contribution >= 0.6 is 11.6 Å². The van der Waals surface area contributed by atoms with Crippen molar-refractivity contribution in [2.24, 2.45) is 0 Å². The number of nitrogens with one attached hydrogen (secondary N) is 2. The van der Waals surface area contributed by atoms with Crippen LogP contribution in [0.2, 0.25) is 5.28 Å². The van der Waals surface area contributed by atoms with Crippen molar-refractivity contribution >= 4 is 23.5 Å². The fourth-order valence-corrected chi connectivity index (χ4v) is 2.53. The maximum atomic E-state index is 12.7. The fourth-order valence-electron chi connectivity index (χ4n) is 2.37. The van der Waals surface area contributed by atoms with Gasteiger partial charge < -0.3 is 10.6 Å². The lowest BCUT2D eigenvalue weighted by Crippen LogP contribution is -2.45. The first-order chi connectivity index (χ1) is 9.71. The van der Waals surface area contributed by atoms with Crippen LogP contribution in [0.5, 0.6) is 0 Å². The van der Waals surface area contributed by atoms with Gasteiger partial charge in [0.05, 0.1) is 0 Å². The lowest BCUT2D eigenvalue weighted by molar-refractivity contribution is -0.0799.